The standard InChI is InChI=1S/C14H20N2O3/c1-9(2)11(8-15)16-14(17)10-3-4-12-13(7-10)19-6-5-18-12/h3-4,7,9,11H,5-6,8,15H2,1-2H3,(H,16,17). The van der Waals surface area contributed by atoms with Crippen LogP contribution in [-0.2, 0) is 0 Å². The predicted molar refractivity (Wildman–Crippen MR) is 72.6 cm³/mol. The summed E-state index contributed by atoms with van der Waals surface area (Å²) in [4.78, 5) is 12.1. The van der Waals surface area contributed by atoms with E-state index in [1.54, 1.807) is 18.2 Å². The zero-order valence-electron chi connectivity index (χ0n) is 11.3. The van der Waals surface area contributed by atoms with Crippen LogP contribution in [0.25, 0.3) is 0 Å². The van der Waals surface area contributed by atoms with Crippen LogP contribution in [0, 0.1) is 5.92 Å². The molecule has 5 heteroatoms. The first kappa shape index (κ1) is 13.7. The van der Waals surface area contributed by atoms with Crippen LogP contribution in [0.3, 0.4) is 0 Å². The summed E-state index contributed by atoms with van der Waals surface area (Å²) >= 11 is 0. The second-order valence-corrected chi connectivity index (χ2v) is 4.92. The van der Waals surface area contributed by atoms with E-state index in [0.717, 1.165) is 0 Å². The third kappa shape index (κ3) is 3.17. The van der Waals surface area contributed by atoms with Crippen LogP contribution in [-0.4, -0.2) is 31.7 Å². The molecule has 1 unspecified atom stereocenters. The molecule has 0 radical (unpaired) electrons. The van der Waals surface area contributed by atoms with Gasteiger partial charge >= 0.3 is 0 Å². The number of rotatable bonds is 4. The number of carbonyl (C=O) groups excluding carboxylic acids is 1. The molecular weight excluding hydrogens is 244 g/mol. The number of nitrogens with one attached hydrogen (secondary N) is 1. The molecule has 0 saturated carbocycles. The lowest BCUT2D eigenvalue weighted by molar-refractivity contribution is 0.0926. The van der Waals surface area contributed by atoms with Crippen molar-refractivity contribution in [2.75, 3.05) is 19.8 Å². The zero-order chi connectivity index (χ0) is 13.8. The monoisotopic (exact) mass is 264 g/mol. The molecule has 104 valence electrons. The predicted octanol–water partition coefficient (Wildman–Crippen LogP) is 1.17. The molecule has 1 amide bonds. The first-order chi connectivity index (χ1) is 9.11. The lowest BCUT2D eigenvalue weighted by Gasteiger charge is -2.22. The van der Waals surface area contributed by atoms with Crippen molar-refractivity contribution in [3.8, 4) is 11.5 Å². The van der Waals surface area contributed by atoms with E-state index in [0.29, 0.717) is 42.7 Å². The van der Waals surface area contributed by atoms with Gasteiger partial charge in [0, 0.05) is 18.2 Å². The van der Waals surface area contributed by atoms with Crippen molar-refractivity contribution in [3.63, 3.8) is 0 Å². The molecule has 0 fully saturated rings. The minimum absolute atomic E-state index is 0.0271. The minimum atomic E-state index is -0.138. The van der Waals surface area contributed by atoms with E-state index in [-0.39, 0.29) is 11.9 Å². The molecule has 19 heavy (non-hydrogen) atoms. The molecule has 0 spiro atoms. The molecule has 1 aromatic carbocycles. The Bertz CT molecular complexity index is 460. The van der Waals surface area contributed by atoms with E-state index in [4.69, 9.17) is 15.2 Å². The average Bonchev–Trinajstić information content (AvgIpc) is 2.43. The summed E-state index contributed by atoms with van der Waals surface area (Å²) in [6.07, 6.45) is 0. The molecule has 0 aliphatic carbocycles. The van der Waals surface area contributed by atoms with Crippen molar-refractivity contribution in [1.82, 2.24) is 5.32 Å². The van der Waals surface area contributed by atoms with Crippen molar-refractivity contribution < 1.29 is 14.3 Å². The number of benzene rings is 1. The van der Waals surface area contributed by atoms with Gasteiger partial charge < -0.3 is 20.5 Å². The molecule has 1 aliphatic rings. The van der Waals surface area contributed by atoms with E-state index < -0.39 is 0 Å². The van der Waals surface area contributed by atoms with Crippen LogP contribution in [0.5, 0.6) is 11.5 Å². The quantitative estimate of drug-likeness (QED) is 0.856. The Morgan fingerprint density at radius 1 is 1.32 bits per heavy atom. The van der Waals surface area contributed by atoms with Gasteiger partial charge in [0.15, 0.2) is 11.5 Å². The van der Waals surface area contributed by atoms with E-state index in [1.165, 1.54) is 0 Å². The van der Waals surface area contributed by atoms with Crippen molar-refractivity contribution >= 4 is 5.91 Å². The number of carbonyl (C=O) groups is 1. The molecule has 0 saturated heterocycles. The molecule has 2 rings (SSSR count). The Kier molecular flexibility index (Phi) is 4.27. The van der Waals surface area contributed by atoms with Gasteiger partial charge in [-0.1, -0.05) is 13.8 Å². The van der Waals surface area contributed by atoms with Crippen molar-refractivity contribution in [2.45, 2.75) is 19.9 Å². The van der Waals surface area contributed by atoms with Gasteiger partial charge in [-0.15, -0.1) is 0 Å². The topological polar surface area (TPSA) is 73.6 Å². The van der Waals surface area contributed by atoms with Crippen LogP contribution in [0.4, 0.5) is 0 Å². The number of ether oxygens (including phenoxy) is 2. The summed E-state index contributed by atoms with van der Waals surface area (Å²) in [5, 5.41) is 2.93. The first-order valence-corrected chi connectivity index (χ1v) is 6.52. The molecule has 3 N–H and O–H groups in total. The normalized spacial score (nSPS) is 15.2. The zero-order valence-corrected chi connectivity index (χ0v) is 11.3. The molecule has 0 aromatic heterocycles. The van der Waals surface area contributed by atoms with Gasteiger partial charge in [0.05, 0.1) is 0 Å². The maximum Gasteiger partial charge on any atom is 0.251 e. The van der Waals surface area contributed by atoms with Gasteiger partial charge in [0.25, 0.3) is 5.91 Å². The van der Waals surface area contributed by atoms with Crippen LogP contribution in [0.15, 0.2) is 18.2 Å². The number of amides is 1. The highest BCUT2D eigenvalue weighted by Crippen LogP contribution is 2.30. The highest BCUT2D eigenvalue weighted by Gasteiger charge is 2.18. The Labute approximate surface area is 113 Å². The van der Waals surface area contributed by atoms with Crippen LogP contribution in [0.1, 0.15) is 24.2 Å². The van der Waals surface area contributed by atoms with Crippen LogP contribution < -0.4 is 20.5 Å². The summed E-state index contributed by atoms with van der Waals surface area (Å²) < 4.78 is 10.9. The molecule has 1 atom stereocenters. The lowest BCUT2D eigenvalue weighted by atomic mass is 10.0. The van der Waals surface area contributed by atoms with Crippen molar-refractivity contribution in [3.05, 3.63) is 23.8 Å². The third-order valence-electron chi connectivity index (χ3n) is 3.18. The van der Waals surface area contributed by atoms with Gasteiger partial charge in [-0.3, -0.25) is 4.79 Å². The largest absolute Gasteiger partial charge is 0.486 e. The molecule has 1 aliphatic heterocycles. The van der Waals surface area contributed by atoms with Gasteiger partial charge in [-0.2, -0.15) is 0 Å². The number of fused-ring (bicyclic) bond motifs is 1. The Morgan fingerprint density at radius 3 is 2.63 bits per heavy atom. The second kappa shape index (κ2) is 5.93. The summed E-state index contributed by atoms with van der Waals surface area (Å²) in [6.45, 7) is 5.54. The Balaban J connectivity index is 2.11. The molecule has 5 nitrogen and oxygen atoms in total. The summed E-state index contributed by atoms with van der Waals surface area (Å²) in [6, 6.07) is 5.17. The maximum absolute atomic E-state index is 12.1. The lowest BCUT2D eigenvalue weighted by Crippen LogP contribution is -2.43. The van der Waals surface area contributed by atoms with Gasteiger partial charge in [-0.05, 0) is 24.1 Å². The fourth-order valence-electron chi connectivity index (χ4n) is 1.93. The van der Waals surface area contributed by atoms with E-state index in [2.05, 4.69) is 5.32 Å². The maximum atomic E-state index is 12.1. The highest BCUT2D eigenvalue weighted by molar-refractivity contribution is 5.95. The number of nitrogens with two attached hydrogens (primary N) is 1. The second-order valence-electron chi connectivity index (χ2n) is 4.92. The molecule has 0 bridgehead atoms. The molecular formula is C14H20N2O3. The van der Waals surface area contributed by atoms with Gasteiger partial charge in [0.2, 0.25) is 0 Å². The van der Waals surface area contributed by atoms with E-state index >= 15 is 0 Å². The highest BCUT2D eigenvalue weighted by atomic mass is 16.6. The minimum Gasteiger partial charge on any atom is -0.486 e. The van der Waals surface area contributed by atoms with Gasteiger partial charge in [-0.25, -0.2) is 0 Å². The van der Waals surface area contributed by atoms with E-state index in [9.17, 15) is 4.79 Å². The van der Waals surface area contributed by atoms with Gasteiger partial charge in [0.1, 0.15) is 13.2 Å². The Morgan fingerprint density at radius 2 is 2.00 bits per heavy atom. The summed E-state index contributed by atoms with van der Waals surface area (Å²) in [5.74, 6) is 1.46. The third-order valence-corrected chi connectivity index (χ3v) is 3.18. The summed E-state index contributed by atoms with van der Waals surface area (Å²) in [7, 11) is 0. The smallest absolute Gasteiger partial charge is 0.251 e. The fourth-order valence-corrected chi connectivity index (χ4v) is 1.93. The molecule has 1 heterocycles. The van der Waals surface area contributed by atoms with Crippen LogP contribution in [0.2, 0.25) is 0 Å². The van der Waals surface area contributed by atoms with Crippen LogP contribution >= 0.6 is 0 Å². The summed E-state index contributed by atoms with van der Waals surface area (Å²) in [5.41, 5.74) is 6.21. The SMILES string of the molecule is CC(C)C(CN)NC(=O)c1ccc2c(c1)OCCO2. The fraction of sp³-hybridized carbons (Fsp3) is 0.500. The van der Waals surface area contributed by atoms with E-state index in [1.807, 2.05) is 13.8 Å². The first-order valence-electron chi connectivity index (χ1n) is 6.52. The number of hydrogen-bond donors (Lipinski definition) is 2. The Hall–Kier alpha value is -1.75. The van der Waals surface area contributed by atoms with Crippen molar-refractivity contribution in [2.24, 2.45) is 11.7 Å². The number of hydrogen-bond acceptors (Lipinski definition) is 4. The van der Waals surface area contributed by atoms with Crippen molar-refractivity contribution in [1.29, 1.82) is 0 Å². The molecule has 1 aromatic rings. The average molecular weight is 264 g/mol.